The van der Waals surface area contributed by atoms with Gasteiger partial charge in [0.15, 0.2) is 4.80 Å². The van der Waals surface area contributed by atoms with Crippen LogP contribution < -0.4 is 10.1 Å². The van der Waals surface area contributed by atoms with Gasteiger partial charge in [0.25, 0.3) is 11.6 Å². The molecule has 0 aliphatic rings. The number of nitro groups is 1. The fourth-order valence-electron chi connectivity index (χ4n) is 2.67. The Morgan fingerprint density at radius 1 is 1.34 bits per heavy atom. The third-order valence-electron chi connectivity index (χ3n) is 3.84. The predicted octanol–water partition coefficient (Wildman–Crippen LogP) is 3.60. The Morgan fingerprint density at radius 3 is 2.76 bits per heavy atom. The Morgan fingerprint density at radius 2 is 2.10 bits per heavy atom. The molecule has 0 radical (unpaired) electrons. The summed E-state index contributed by atoms with van der Waals surface area (Å²) >= 11 is 7.06. The van der Waals surface area contributed by atoms with Crippen molar-refractivity contribution in [2.45, 2.75) is 13.5 Å². The lowest BCUT2D eigenvalue weighted by molar-refractivity contribution is -0.385. The van der Waals surface area contributed by atoms with Crippen molar-refractivity contribution in [1.82, 2.24) is 4.57 Å². The number of thiazole rings is 1. The van der Waals surface area contributed by atoms with Gasteiger partial charge in [0, 0.05) is 23.7 Å². The highest BCUT2D eigenvalue weighted by Gasteiger charge is 2.20. The Balaban J connectivity index is 2.17. The molecule has 1 heterocycles. The van der Waals surface area contributed by atoms with Gasteiger partial charge in [-0.2, -0.15) is 4.99 Å². The predicted molar refractivity (Wildman–Crippen MR) is 111 cm³/mol. The summed E-state index contributed by atoms with van der Waals surface area (Å²) in [6.45, 7) is 1.54. The molecular weight excluding hydrogens is 416 g/mol. The molecule has 0 unspecified atom stereocenters. The normalized spacial score (nSPS) is 11.3. The summed E-state index contributed by atoms with van der Waals surface area (Å²) in [5.74, 6) is 1.48. The Bertz CT molecular complexity index is 1270. The van der Waals surface area contributed by atoms with Crippen molar-refractivity contribution >= 4 is 56.3 Å². The number of terminal acetylenes is 1. The fraction of sp³-hybridized carbons (Fsp3) is 0.105. The molecule has 29 heavy (non-hydrogen) atoms. The van der Waals surface area contributed by atoms with E-state index >= 15 is 0 Å². The Kier molecular flexibility index (Phi) is 5.77. The number of anilines is 1. The first kappa shape index (κ1) is 20.3. The third kappa shape index (κ3) is 4.34. The lowest BCUT2D eigenvalue weighted by Gasteiger charge is -2.03. The van der Waals surface area contributed by atoms with Gasteiger partial charge in [0.2, 0.25) is 5.91 Å². The number of hydrogen-bond acceptors (Lipinski definition) is 5. The minimum Gasteiger partial charge on any atom is -0.326 e. The van der Waals surface area contributed by atoms with Gasteiger partial charge in [-0.1, -0.05) is 28.9 Å². The maximum atomic E-state index is 12.7. The zero-order valence-electron chi connectivity index (χ0n) is 15.0. The molecule has 2 aromatic carbocycles. The van der Waals surface area contributed by atoms with Gasteiger partial charge in [-0.3, -0.25) is 19.7 Å². The molecule has 0 saturated heterocycles. The van der Waals surface area contributed by atoms with Crippen LogP contribution in [0, 0.1) is 22.5 Å². The van der Waals surface area contributed by atoms with Crippen LogP contribution >= 0.6 is 22.9 Å². The van der Waals surface area contributed by atoms with E-state index in [1.165, 1.54) is 30.4 Å². The van der Waals surface area contributed by atoms with Gasteiger partial charge in [0.05, 0.1) is 21.7 Å². The van der Waals surface area contributed by atoms with Crippen LogP contribution in [0.25, 0.3) is 10.2 Å². The van der Waals surface area contributed by atoms with Gasteiger partial charge in [-0.05, 0) is 30.3 Å². The number of carbonyl (C=O) groups is 2. The zero-order chi connectivity index (χ0) is 21.1. The molecule has 2 amide bonds. The maximum Gasteiger partial charge on any atom is 0.286 e. The van der Waals surface area contributed by atoms with E-state index in [4.69, 9.17) is 18.0 Å². The van der Waals surface area contributed by atoms with Gasteiger partial charge in [-0.25, -0.2) is 0 Å². The number of hydrogen-bond donors (Lipinski definition) is 1. The number of rotatable bonds is 4. The number of fused-ring (bicyclic) bond motifs is 1. The highest BCUT2D eigenvalue weighted by atomic mass is 35.5. The lowest BCUT2D eigenvalue weighted by Crippen LogP contribution is -2.17. The van der Waals surface area contributed by atoms with Gasteiger partial charge in [0.1, 0.15) is 5.56 Å². The summed E-state index contributed by atoms with van der Waals surface area (Å²) in [6, 6.07) is 8.89. The maximum absolute atomic E-state index is 12.7. The molecule has 0 atom stereocenters. The first-order valence-corrected chi connectivity index (χ1v) is 9.37. The van der Waals surface area contributed by atoms with Gasteiger partial charge >= 0.3 is 0 Å². The SMILES string of the molecule is C#CCn1c(=NC(=O)c2cc(Cl)ccc2[N+](=O)[O-])sc2cc(NC(C)=O)ccc21. The zero-order valence-corrected chi connectivity index (χ0v) is 16.6. The Hall–Kier alpha value is -3.48. The smallest absolute Gasteiger partial charge is 0.286 e. The van der Waals surface area contributed by atoms with Crippen molar-refractivity contribution in [3.63, 3.8) is 0 Å². The second-order valence-corrected chi connectivity index (χ2v) is 7.32. The minimum absolute atomic E-state index is 0.142. The molecule has 1 aromatic heterocycles. The molecule has 1 N–H and O–H groups in total. The van der Waals surface area contributed by atoms with Crippen LogP contribution in [0.2, 0.25) is 5.02 Å². The second kappa shape index (κ2) is 8.26. The van der Waals surface area contributed by atoms with E-state index in [9.17, 15) is 19.7 Å². The standard InChI is InChI=1S/C19H13ClN4O4S/c1-3-8-23-16-7-5-13(21-11(2)25)10-17(16)29-19(23)22-18(26)14-9-12(20)4-6-15(14)24(27)28/h1,4-7,9-10H,8H2,2H3,(H,21,25). The number of aromatic nitrogens is 1. The number of nitro benzene ring substituents is 1. The molecule has 0 aliphatic carbocycles. The summed E-state index contributed by atoms with van der Waals surface area (Å²) in [7, 11) is 0. The molecule has 3 aromatic rings. The van der Waals surface area contributed by atoms with Crippen molar-refractivity contribution in [2.75, 3.05) is 5.32 Å². The number of benzene rings is 2. The number of nitrogens with one attached hydrogen (secondary N) is 1. The molecule has 0 saturated carbocycles. The largest absolute Gasteiger partial charge is 0.326 e. The topological polar surface area (TPSA) is 107 Å². The summed E-state index contributed by atoms with van der Waals surface area (Å²) in [4.78, 5) is 38.9. The van der Waals surface area contributed by atoms with E-state index in [1.807, 2.05) is 0 Å². The van der Waals surface area contributed by atoms with Crippen molar-refractivity contribution < 1.29 is 14.5 Å². The van der Waals surface area contributed by atoms with E-state index in [0.29, 0.717) is 11.2 Å². The van der Waals surface area contributed by atoms with E-state index < -0.39 is 10.8 Å². The average molecular weight is 429 g/mol. The third-order valence-corrected chi connectivity index (χ3v) is 5.11. The molecular formula is C19H13ClN4O4S. The van der Waals surface area contributed by atoms with Gasteiger partial charge < -0.3 is 9.88 Å². The van der Waals surface area contributed by atoms with Crippen LogP contribution in [0.3, 0.4) is 0 Å². The fourth-order valence-corrected chi connectivity index (χ4v) is 3.91. The van der Waals surface area contributed by atoms with Crippen LogP contribution in [0.1, 0.15) is 17.3 Å². The van der Waals surface area contributed by atoms with Crippen molar-refractivity contribution in [1.29, 1.82) is 0 Å². The molecule has 8 nitrogen and oxygen atoms in total. The number of carbonyl (C=O) groups excluding carboxylic acids is 2. The van der Waals surface area contributed by atoms with Crippen LogP contribution in [0.4, 0.5) is 11.4 Å². The lowest BCUT2D eigenvalue weighted by atomic mass is 10.2. The van der Waals surface area contributed by atoms with Crippen molar-refractivity contribution in [2.24, 2.45) is 4.99 Å². The monoisotopic (exact) mass is 428 g/mol. The Labute approximate surface area is 173 Å². The second-order valence-electron chi connectivity index (χ2n) is 5.87. The number of halogens is 1. The molecule has 10 heteroatoms. The molecule has 146 valence electrons. The van der Waals surface area contributed by atoms with Crippen LogP contribution in [-0.2, 0) is 11.3 Å². The van der Waals surface area contributed by atoms with E-state index in [1.54, 1.807) is 22.8 Å². The molecule has 0 fully saturated rings. The van der Waals surface area contributed by atoms with Crippen molar-refractivity contribution in [3.05, 3.63) is 61.9 Å². The molecule has 3 rings (SSSR count). The molecule has 0 spiro atoms. The van der Waals surface area contributed by atoms with E-state index in [2.05, 4.69) is 16.2 Å². The average Bonchev–Trinajstić information content (AvgIpc) is 2.97. The summed E-state index contributed by atoms with van der Waals surface area (Å²) in [6.07, 6.45) is 5.44. The van der Waals surface area contributed by atoms with E-state index in [-0.39, 0.29) is 33.5 Å². The van der Waals surface area contributed by atoms with E-state index in [0.717, 1.165) is 10.8 Å². The molecule has 0 aliphatic heterocycles. The number of nitrogens with zero attached hydrogens (tertiary/aromatic N) is 3. The highest BCUT2D eigenvalue weighted by Crippen LogP contribution is 2.25. The van der Waals surface area contributed by atoms with Crippen LogP contribution in [0.15, 0.2) is 41.4 Å². The quantitative estimate of drug-likeness (QED) is 0.389. The van der Waals surface area contributed by atoms with Gasteiger partial charge in [-0.15, -0.1) is 6.42 Å². The highest BCUT2D eigenvalue weighted by molar-refractivity contribution is 7.16. The number of amides is 2. The summed E-state index contributed by atoms with van der Waals surface area (Å²) < 4.78 is 2.38. The van der Waals surface area contributed by atoms with Crippen LogP contribution in [0.5, 0.6) is 0 Å². The minimum atomic E-state index is -0.807. The van der Waals surface area contributed by atoms with Crippen molar-refractivity contribution in [3.8, 4) is 12.3 Å². The first-order valence-electron chi connectivity index (χ1n) is 8.17. The summed E-state index contributed by atoms with van der Waals surface area (Å²) in [5, 5.41) is 14.1. The molecule has 0 bridgehead atoms. The first-order chi connectivity index (χ1) is 13.8. The van der Waals surface area contributed by atoms with Crippen LogP contribution in [-0.4, -0.2) is 21.3 Å². The summed E-state index contributed by atoms with van der Waals surface area (Å²) in [5.41, 5.74) is 0.698.